The molecule has 128 valence electrons. The van der Waals surface area contributed by atoms with E-state index >= 15 is 0 Å². The van der Waals surface area contributed by atoms with Gasteiger partial charge in [-0.3, -0.25) is 4.79 Å². The lowest BCUT2D eigenvalue weighted by Gasteiger charge is -2.07. The molecule has 0 aliphatic carbocycles. The molecule has 0 saturated heterocycles. The summed E-state index contributed by atoms with van der Waals surface area (Å²) in [6.45, 7) is 5.60. The molecule has 4 N–H and O–H groups in total. The van der Waals surface area contributed by atoms with Gasteiger partial charge in [-0.15, -0.1) is 0 Å². The van der Waals surface area contributed by atoms with E-state index in [1.807, 2.05) is 31.2 Å². The maximum Gasteiger partial charge on any atom is 0.224 e. The summed E-state index contributed by atoms with van der Waals surface area (Å²) in [7, 11) is 0. The number of nitrogens with two attached hydrogens (primary N) is 1. The summed E-state index contributed by atoms with van der Waals surface area (Å²) in [6, 6.07) is 7.71. The normalized spacial score (nSPS) is 11.3. The maximum absolute atomic E-state index is 11.5. The van der Waals surface area contributed by atoms with Crippen molar-refractivity contribution < 1.29 is 4.79 Å². The molecule has 0 aromatic heterocycles. The lowest BCUT2D eigenvalue weighted by molar-refractivity contribution is -0.116. The minimum Gasteiger partial charge on any atom is -0.370 e. The smallest absolute Gasteiger partial charge is 0.224 e. The minimum absolute atomic E-state index is 0.0507. The lowest BCUT2D eigenvalue weighted by Crippen LogP contribution is -2.32. The van der Waals surface area contributed by atoms with Crippen LogP contribution < -0.4 is 16.4 Å². The van der Waals surface area contributed by atoms with Crippen LogP contribution in [0.15, 0.2) is 29.3 Å². The highest BCUT2D eigenvalue weighted by molar-refractivity contribution is 5.90. The Labute approximate surface area is 139 Å². The van der Waals surface area contributed by atoms with E-state index in [-0.39, 0.29) is 5.91 Å². The van der Waals surface area contributed by atoms with Gasteiger partial charge >= 0.3 is 0 Å². The monoisotopic (exact) mass is 318 g/mol. The molecular weight excluding hydrogens is 288 g/mol. The van der Waals surface area contributed by atoms with Crippen LogP contribution >= 0.6 is 0 Å². The molecule has 23 heavy (non-hydrogen) atoms. The topological polar surface area (TPSA) is 79.5 Å². The van der Waals surface area contributed by atoms with Crippen LogP contribution in [-0.4, -0.2) is 18.4 Å². The van der Waals surface area contributed by atoms with E-state index in [1.165, 1.54) is 19.3 Å². The fraction of sp³-hybridized carbons (Fsp3) is 0.556. The molecular formula is C18H30N4O. The van der Waals surface area contributed by atoms with Gasteiger partial charge in [0.05, 0.1) is 6.54 Å². The number of amides is 1. The summed E-state index contributed by atoms with van der Waals surface area (Å²) in [4.78, 5) is 15.8. The molecule has 0 radical (unpaired) electrons. The van der Waals surface area contributed by atoms with Crippen molar-refractivity contribution in [2.24, 2.45) is 10.7 Å². The predicted octanol–water partition coefficient (Wildman–Crippen LogP) is 3.41. The zero-order chi connectivity index (χ0) is 16.9. The van der Waals surface area contributed by atoms with Crippen LogP contribution in [0.2, 0.25) is 0 Å². The molecule has 0 unspecified atom stereocenters. The predicted molar refractivity (Wildman–Crippen MR) is 97.5 cm³/mol. The van der Waals surface area contributed by atoms with Crippen molar-refractivity contribution >= 4 is 17.6 Å². The molecule has 0 heterocycles. The average molecular weight is 318 g/mol. The molecule has 0 bridgehead atoms. The molecule has 0 aliphatic rings. The number of aliphatic imine (C=N–C) groups is 1. The van der Waals surface area contributed by atoms with Crippen LogP contribution in [0.1, 0.15) is 57.9 Å². The van der Waals surface area contributed by atoms with Gasteiger partial charge in [0.15, 0.2) is 5.96 Å². The van der Waals surface area contributed by atoms with Gasteiger partial charge in [-0.1, -0.05) is 45.2 Å². The van der Waals surface area contributed by atoms with Crippen molar-refractivity contribution in [3.63, 3.8) is 0 Å². The summed E-state index contributed by atoms with van der Waals surface area (Å²) >= 11 is 0. The number of carbonyl (C=O) groups excluding carboxylic acids is 1. The number of nitrogens with one attached hydrogen (secondary N) is 2. The number of hydrogen-bond acceptors (Lipinski definition) is 2. The van der Waals surface area contributed by atoms with Gasteiger partial charge < -0.3 is 16.4 Å². The van der Waals surface area contributed by atoms with E-state index in [0.717, 1.165) is 30.6 Å². The number of carbonyl (C=O) groups is 1. The Morgan fingerprint density at radius 2 is 1.83 bits per heavy atom. The van der Waals surface area contributed by atoms with E-state index in [0.29, 0.717) is 18.9 Å². The van der Waals surface area contributed by atoms with Crippen LogP contribution in [0.4, 0.5) is 5.69 Å². The Hall–Kier alpha value is -2.04. The first-order valence-corrected chi connectivity index (χ1v) is 8.58. The number of rotatable bonds is 10. The van der Waals surface area contributed by atoms with Gasteiger partial charge in [-0.05, 0) is 30.5 Å². The highest BCUT2D eigenvalue weighted by Gasteiger charge is 2.00. The molecule has 0 fully saturated rings. The molecule has 5 nitrogen and oxygen atoms in total. The Morgan fingerprint density at radius 3 is 2.48 bits per heavy atom. The van der Waals surface area contributed by atoms with Gasteiger partial charge in [-0.2, -0.15) is 0 Å². The Kier molecular flexibility index (Phi) is 9.52. The standard InChI is InChI=1S/C18H30N4O/c1-3-5-6-7-13-20-18(19)21-14-15-9-11-16(12-10-15)22-17(23)8-4-2/h9-12H,3-8,13-14H2,1-2H3,(H,22,23)(H3,19,20,21). The largest absolute Gasteiger partial charge is 0.370 e. The highest BCUT2D eigenvalue weighted by Crippen LogP contribution is 2.11. The minimum atomic E-state index is 0.0507. The summed E-state index contributed by atoms with van der Waals surface area (Å²) < 4.78 is 0. The molecule has 1 rings (SSSR count). The Bertz CT molecular complexity index is 482. The molecule has 1 amide bonds. The van der Waals surface area contributed by atoms with Crippen molar-refractivity contribution in [2.75, 3.05) is 11.9 Å². The first-order chi connectivity index (χ1) is 11.2. The van der Waals surface area contributed by atoms with E-state index < -0.39 is 0 Å². The van der Waals surface area contributed by atoms with E-state index in [4.69, 9.17) is 5.73 Å². The van der Waals surface area contributed by atoms with Gasteiger partial charge in [0.25, 0.3) is 0 Å². The van der Waals surface area contributed by atoms with Gasteiger partial charge in [0.1, 0.15) is 0 Å². The first kappa shape index (κ1) is 19.0. The number of guanidine groups is 1. The van der Waals surface area contributed by atoms with Crippen molar-refractivity contribution in [1.29, 1.82) is 0 Å². The summed E-state index contributed by atoms with van der Waals surface area (Å²) in [5.41, 5.74) is 7.73. The third-order valence-corrected chi connectivity index (χ3v) is 3.48. The third-order valence-electron chi connectivity index (χ3n) is 3.48. The zero-order valence-corrected chi connectivity index (χ0v) is 14.4. The second-order valence-corrected chi connectivity index (χ2v) is 5.68. The van der Waals surface area contributed by atoms with E-state index in [2.05, 4.69) is 22.5 Å². The van der Waals surface area contributed by atoms with Crippen LogP contribution in [0, 0.1) is 0 Å². The molecule has 0 aliphatic heterocycles. The van der Waals surface area contributed by atoms with Gasteiger partial charge in [0.2, 0.25) is 5.91 Å². The Balaban J connectivity index is 2.33. The van der Waals surface area contributed by atoms with Gasteiger partial charge in [-0.25, -0.2) is 4.99 Å². The van der Waals surface area contributed by atoms with Crippen molar-refractivity contribution in [3.8, 4) is 0 Å². The van der Waals surface area contributed by atoms with Crippen LogP contribution in [0.25, 0.3) is 0 Å². The number of hydrogen-bond donors (Lipinski definition) is 3. The van der Waals surface area contributed by atoms with Crippen molar-refractivity contribution in [3.05, 3.63) is 29.8 Å². The number of anilines is 1. The molecule has 0 atom stereocenters. The second-order valence-electron chi connectivity index (χ2n) is 5.68. The average Bonchev–Trinajstić information content (AvgIpc) is 2.54. The summed E-state index contributed by atoms with van der Waals surface area (Å²) in [5.74, 6) is 0.539. The number of unbranched alkanes of at least 4 members (excludes halogenated alkanes) is 3. The molecule has 1 aromatic carbocycles. The van der Waals surface area contributed by atoms with Crippen LogP contribution in [0.3, 0.4) is 0 Å². The number of benzene rings is 1. The molecule has 1 aromatic rings. The molecule has 0 spiro atoms. The SMILES string of the molecule is CCCCCCNC(N)=NCc1ccc(NC(=O)CCC)cc1. The second kappa shape index (κ2) is 11.5. The van der Waals surface area contributed by atoms with Crippen molar-refractivity contribution in [2.45, 2.75) is 58.9 Å². The fourth-order valence-electron chi connectivity index (χ4n) is 2.14. The fourth-order valence-corrected chi connectivity index (χ4v) is 2.14. The lowest BCUT2D eigenvalue weighted by atomic mass is 10.2. The maximum atomic E-state index is 11.5. The molecule has 0 saturated carbocycles. The van der Waals surface area contributed by atoms with E-state index in [9.17, 15) is 4.79 Å². The van der Waals surface area contributed by atoms with Crippen molar-refractivity contribution in [1.82, 2.24) is 5.32 Å². The quantitative estimate of drug-likeness (QED) is 0.351. The first-order valence-electron chi connectivity index (χ1n) is 8.58. The summed E-state index contributed by atoms with van der Waals surface area (Å²) in [5, 5.41) is 6.00. The number of nitrogens with zero attached hydrogens (tertiary/aromatic N) is 1. The van der Waals surface area contributed by atoms with Crippen LogP contribution in [-0.2, 0) is 11.3 Å². The van der Waals surface area contributed by atoms with Gasteiger partial charge in [0, 0.05) is 18.7 Å². The summed E-state index contributed by atoms with van der Waals surface area (Å²) in [6.07, 6.45) is 6.24. The van der Waals surface area contributed by atoms with Crippen LogP contribution in [0.5, 0.6) is 0 Å². The highest BCUT2D eigenvalue weighted by atomic mass is 16.1. The zero-order valence-electron chi connectivity index (χ0n) is 14.4. The Morgan fingerprint density at radius 1 is 1.09 bits per heavy atom. The van der Waals surface area contributed by atoms with E-state index in [1.54, 1.807) is 0 Å². The molecule has 5 heteroatoms. The third kappa shape index (κ3) is 8.86.